The maximum atomic E-state index is 5.88. The number of para-hydroxylation sites is 1. The predicted molar refractivity (Wildman–Crippen MR) is 104 cm³/mol. The van der Waals surface area contributed by atoms with Crippen molar-refractivity contribution in [2.45, 2.75) is 51.2 Å². The summed E-state index contributed by atoms with van der Waals surface area (Å²) in [6.07, 6.45) is 5.27. The molecule has 0 saturated carbocycles. The van der Waals surface area contributed by atoms with E-state index in [1.165, 1.54) is 5.56 Å². The Kier molecular flexibility index (Phi) is 6.75. The molecule has 1 fully saturated rings. The monoisotopic (exact) mass is 357 g/mol. The Morgan fingerprint density at radius 3 is 2.77 bits per heavy atom. The molecule has 1 aromatic heterocycles. The van der Waals surface area contributed by atoms with Gasteiger partial charge in [-0.15, -0.1) is 0 Å². The van der Waals surface area contributed by atoms with Crippen LogP contribution in [0.3, 0.4) is 0 Å². The summed E-state index contributed by atoms with van der Waals surface area (Å²) in [6, 6.07) is 12.8. The number of benzene rings is 1. The van der Waals surface area contributed by atoms with Gasteiger partial charge in [-0.1, -0.05) is 32.0 Å². The number of ether oxygens (including phenoxy) is 2. The van der Waals surface area contributed by atoms with Crippen molar-refractivity contribution in [1.29, 1.82) is 0 Å². The molecule has 0 spiro atoms. The predicted octanol–water partition coefficient (Wildman–Crippen LogP) is 4.60. The van der Waals surface area contributed by atoms with Crippen LogP contribution in [0.5, 0.6) is 5.75 Å². The Labute approximate surface area is 156 Å². The second-order valence-electron chi connectivity index (χ2n) is 7.43. The summed E-state index contributed by atoms with van der Waals surface area (Å²) >= 11 is 0. The van der Waals surface area contributed by atoms with Gasteiger partial charge in [0.05, 0.1) is 19.5 Å². The third-order valence-electron chi connectivity index (χ3n) is 5.33. The van der Waals surface area contributed by atoms with Crippen LogP contribution in [0.15, 0.2) is 47.1 Å². The molecule has 0 amide bonds. The zero-order valence-corrected chi connectivity index (χ0v) is 16.1. The van der Waals surface area contributed by atoms with Crippen LogP contribution in [0.4, 0.5) is 0 Å². The van der Waals surface area contributed by atoms with Crippen LogP contribution in [-0.4, -0.2) is 32.4 Å². The van der Waals surface area contributed by atoms with Gasteiger partial charge in [0.25, 0.3) is 0 Å². The molecule has 2 heterocycles. The fourth-order valence-electron chi connectivity index (χ4n) is 3.80. The summed E-state index contributed by atoms with van der Waals surface area (Å²) in [5.74, 6) is 2.67. The lowest BCUT2D eigenvalue weighted by Crippen LogP contribution is -2.41. The standard InChI is InChI=1S/C22H31NO3/c1-16(2)22-15-17(11-14-26-22)23-12-10-19(21-9-6-13-25-21)18-7-4-5-8-20(18)24-3/h4-9,13,16-17,19,22-23H,10-12,14-15H2,1-3H3. The maximum absolute atomic E-state index is 5.88. The lowest BCUT2D eigenvalue weighted by atomic mass is 9.91. The molecule has 3 rings (SSSR count). The van der Waals surface area contributed by atoms with Crippen LogP contribution in [0.25, 0.3) is 0 Å². The van der Waals surface area contributed by atoms with Crippen molar-refractivity contribution in [2.75, 3.05) is 20.3 Å². The molecule has 0 aliphatic carbocycles. The number of methoxy groups -OCH3 is 1. The number of hydrogen-bond donors (Lipinski definition) is 1. The fourth-order valence-corrected chi connectivity index (χ4v) is 3.80. The molecule has 3 atom stereocenters. The Morgan fingerprint density at radius 1 is 1.19 bits per heavy atom. The van der Waals surface area contributed by atoms with E-state index in [9.17, 15) is 0 Å². The van der Waals surface area contributed by atoms with Gasteiger partial charge in [0.1, 0.15) is 11.5 Å². The average molecular weight is 357 g/mol. The van der Waals surface area contributed by atoms with E-state index in [0.29, 0.717) is 18.1 Å². The van der Waals surface area contributed by atoms with Gasteiger partial charge < -0.3 is 19.2 Å². The first-order chi connectivity index (χ1) is 12.7. The van der Waals surface area contributed by atoms with Crippen molar-refractivity contribution in [3.63, 3.8) is 0 Å². The van der Waals surface area contributed by atoms with Crippen LogP contribution in [-0.2, 0) is 4.74 Å². The van der Waals surface area contributed by atoms with E-state index in [1.807, 2.05) is 18.2 Å². The van der Waals surface area contributed by atoms with Crippen LogP contribution in [0, 0.1) is 5.92 Å². The second-order valence-corrected chi connectivity index (χ2v) is 7.43. The minimum Gasteiger partial charge on any atom is -0.496 e. The van der Waals surface area contributed by atoms with E-state index in [4.69, 9.17) is 13.9 Å². The second kappa shape index (κ2) is 9.24. The summed E-state index contributed by atoms with van der Waals surface area (Å²) in [7, 11) is 1.73. The summed E-state index contributed by atoms with van der Waals surface area (Å²) in [4.78, 5) is 0. The topological polar surface area (TPSA) is 43.6 Å². The molecule has 0 bridgehead atoms. The Hall–Kier alpha value is -1.78. The van der Waals surface area contributed by atoms with Crippen molar-refractivity contribution in [3.8, 4) is 5.75 Å². The quantitative estimate of drug-likeness (QED) is 0.750. The van der Waals surface area contributed by atoms with Gasteiger partial charge in [0.15, 0.2) is 0 Å². The molecule has 4 nitrogen and oxygen atoms in total. The van der Waals surface area contributed by atoms with Crippen molar-refractivity contribution in [3.05, 3.63) is 54.0 Å². The smallest absolute Gasteiger partial charge is 0.122 e. The van der Waals surface area contributed by atoms with E-state index >= 15 is 0 Å². The largest absolute Gasteiger partial charge is 0.496 e. The van der Waals surface area contributed by atoms with Gasteiger partial charge in [-0.05, 0) is 49.9 Å². The van der Waals surface area contributed by atoms with Crippen molar-refractivity contribution >= 4 is 0 Å². The van der Waals surface area contributed by atoms with E-state index in [-0.39, 0.29) is 5.92 Å². The number of nitrogens with one attached hydrogen (secondary N) is 1. The van der Waals surface area contributed by atoms with Crippen LogP contribution in [0.1, 0.15) is 50.4 Å². The Morgan fingerprint density at radius 2 is 2.04 bits per heavy atom. The molecule has 1 aliphatic rings. The van der Waals surface area contributed by atoms with Crippen LogP contribution in [0.2, 0.25) is 0 Å². The third-order valence-corrected chi connectivity index (χ3v) is 5.33. The molecule has 0 radical (unpaired) electrons. The normalized spacial score (nSPS) is 21.7. The SMILES string of the molecule is COc1ccccc1C(CCNC1CCOC(C(C)C)C1)c1ccco1. The van der Waals surface area contributed by atoms with Crippen molar-refractivity contribution in [2.24, 2.45) is 5.92 Å². The molecule has 2 aromatic rings. The molecule has 142 valence electrons. The summed E-state index contributed by atoms with van der Waals surface area (Å²) in [5.41, 5.74) is 1.18. The lowest BCUT2D eigenvalue weighted by Gasteiger charge is -2.32. The van der Waals surface area contributed by atoms with Gasteiger partial charge in [0.2, 0.25) is 0 Å². The number of rotatable bonds is 8. The minimum atomic E-state index is 0.189. The molecule has 4 heteroatoms. The minimum absolute atomic E-state index is 0.189. The summed E-state index contributed by atoms with van der Waals surface area (Å²) in [6.45, 7) is 6.27. The van der Waals surface area contributed by atoms with E-state index in [1.54, 1.807) is 13.4 Å². The van der Waals surface area contributed by atoms with Gasteiger partial charge in [-0.2, -0.15) is 0 Å². The van der Waals surface area contributed by atoms with Gasteiger partial charge in [-0.25, -0.2) is 0 Å². The highest BCUT2D eigenvalue weighted by molar-refractivity contribution is 5.39. The highest BCUT2D eigenvalue weighted by atomic mass is 16.5. The first-order valence-electron chi connectivity index (χ1n) is 9.70. The molecule has 1 aliphatic heterocycles. The summed E-state index contributed by atoms with van der Waals surface area (Å²) < 4.78 is 17.2. The van der Waals surface area contributed by atoms with E-state index < -0.39 is 0 Å². The first kappa shape index (κ1) is 19.0. The van der Waals surface area contributed by atoms with Crippen molar-refractivity contribution < 1.29 is 13.9 Å². The van der Waals surface area contributed by atoms with E-state index in [2.05, 4.69) is 37.4 Å². The lowest BCUT2D eigenvalue weighted by molar-refractivity contribution is -0.0243. The van der Waals surface area contributed by atoms with Crippen LogP contribution < -0.4 is 10.1 Å². The molecule has 1 saturated heterocycles. The molecular formula is C22H31NO3. The zero-order valence-electron chi connectivity index (χ0n) is 16.1. The third kappa shape index (κ3) is 4.68. The zero-order chi connectivity index (χ0) is 18.4. The van der Waals surface area contributed by atoms with Crippen molar-refractivity contribution in [1.82, 2.24) is 5.32 Å². The van der Waals surface area contributed by atoms with Gasteiger partial charge >= 0.3 is 0 Å². The fraction of sp³-hybridized carbons (Fsp3) is 0.545. The Bertz CT molecular complexity index is 653. The van der Waals surface area contributed by atoms with Crippen LogP contribution >= 0.6 is 0 Å². The average Bonchev–Trinajstić information content (AvgIpc) is 3.20. The maximum Gasteiger partial charge on any atom is 0.122 e. The molecular weight excluding hydrogens is 326 g/mol. The number of furan rings is 1. The molecule has 26 heavy (non-hydrogen) atoms. The Balaban J connectivity index is 1.64. The highest BCUT2D eigenvalue weighted by Gasteiger charge is 2.25. The highest BCUT2D eigenvalue weighted by Crippen LogP contribution is 2.34. The first-order valence-corrected chi connectivity index (χ1v) is 9.70. The van der Waals surface area contributed by atoms with Gasteiger partial charge in [-0.3, -0.25) is 0 Å². The molecule has 1 aromatic carbocycles. The molecule has 3 unspecified atom stereocenters. The van der Waals surface area contributed by atoms with Gasteiger partial charge in [0, 0.05) is 24.1 Å². The van der Waals surface area contributed by atoms with E-state index in [0.717, 1.165) is 43.9 Å². The summed E-state index contributed by atoms with van der Waals surface area (Å²) in [5, 5.41) is 3.74. The molecule has 1 N–H and O–H groups in total. The number of hydrogen-bond acceptors (Lipinski definition) is 4.